The molecule has 0 aliphatic carbocycles. The second-order valence-electron chi connectivity index (χ2n) is 4.35. The SMILES string of the molecule is Cc1ccc(NS(=O)(=O)C(C)N)c2[nH]cc(C#N)c12. The van der Waals surface area contributed by atoms with Gasteiger partial charge in [0.2, 0.25) is 10.0 Å². The number of nitriles is 1. The summed E-state index contributed by atoms with van der Waals surface area (Å²) in [7, 11) is -3.63. The van der Waals surface area contributed by atoms with Crippen LogP contribution in [0, 0.1) is 18.3 Å². The molecule has 0 aliphatic heterocycles. The fourth-order valence-corrected chi connectivity index (χ4v) is 2.50. The molecule has 1 unspecified atom stereocenters. The Morgan fingerprint density at radius 1 is 1.47 bits per heavy atom. The first kappa shape index (κ1) is 13.4. The molecule has 0 saturated heterocycles. The van der Waals surface area contributed by atoms with Crippen LogP contribution in [-0.4, -0.2) is 18.8 Å². The lowest BCUT2D eigenvalue weighted by Crippen LogP contribution is -2.32. The fraction of sp³-hybridized carbons (Fsp3) is 0.250. The summed E-state index contributed by atoms with van der Waals surface area (Å²) in [5.41, 5.74) is 7.76. The average molecular weight is 278 g/mol. The molecule has 0 amide bonds. The van der Waals surface area contributed by atoms with Gasteiger partial charge in [-0.1, -0.05) is 6.07 Å². The predicted octanol–water partition coefficient (Wildman–Crippen LogP) is 1.39. The summed E-state index contributed by atoms with van der Waals surface area (Å²) in [6.07, 6.45) is 1.56. The summed E-state index contributed by atoms with van der Waals surface area (Å²) < 4.78 is 26.0. The Labute approximate surface area is 111 Å². The van der Waals surface area contributed by atoms with Gasteiger partial charge in [0, 0.05) is 11.6 Å². The number of benzene rings is 1. The van der Waals surface area contributed by atoms with Gasteiger partial charge >= 0.3 is 0 Å². The Morgan fingerprint density at radius 2 is 2.16 bits per heavy atom. The van der Waals surface area contributed by atoms with Gasteiger partial charge in [0.15, 0.2) is 0 Å². The number of fused-ring (bicyclic) bond motifs is 1. The van der Waals surface area contributed by atoms with Gasteiger partial charge in [-0.25, -0.2) is 8.42 Å². The van der Waals surface area contributed by atoms with Crippen molar-refractivity contribution in [3.8, 4) is 6.07 Å². The summed E-state index contributed by atoms with van der Waals surface area (Å²) >= 11 is 0. The van der Waals surface area contributed by atoms with Crippen molar-refractivity contribution < 1.29 is 8.42 Å². The minimum absolute atomic E-state index is 0.388. The van der Waals surface area contributed by atoms with Crippen LogP contribution < -0.4 is 10.5 Å². The van der Waals surface area contributed by atoms with Gasteiger partial charge in [-0.3, -0.25) is 4.72 Å². The van der Waals surface area contributed by atoms with Crippen LogP contribution in [0.3, 0.4) is 0 Å². The highest BCUT2D eigenvalue weighted by Crippen LogP contribution is 2.29. The monoisotopic (exact) mass is 278 g/mol. The molecule has 19 heavy (non-hydrogen) atoms. The van der Waals surface area contributed by atoms with Crippen LogP contribution >= 0.6 is 0 Å². The second-order valence-corrected chi connectivity index (χ2v) is 6.38. The summed E-state index contributed by atoms with van der Waals surface area (Å²) in [6.45, 7) is 3.25. The van der Waals surface area contributed by atoms with Gasteiger partial charge in [-0.05, 0) is 25.5 Å². The third-order valence-electron chi connectivity index (χ3n) is 2.91. The van der Waals surface area contributed by atoms with Crippen LogP contribution in [0.5, 0.6) is 0 Å². The number of aryl methyl sites for hydroxylation is 1. The molecular formula is C12H14N4O2S. The summed E-state index contributed by atoms with van der Waals surface area (Å²) in [5.74, 6) is 0. The largest absolute Gasteiger partial charge is 0.358 e. The Hall–Kier alpha value is -2.04. The normalized spacial score (nSPS) is 13.2. The number of anilines is 1. The van der Waals surface area contributed by atoms with E-state index in [4.69, 9.17) is 11.0 Å². The summed E-state index contributed by atoms with van der Waals surface area (Å²) in [6, 6.07) is 5.48. The number of hydrogen-bond acceptors (Lipinski definition) is 4. The average Bonchev–Trinajstić information content (AvgIpc) is 2.77. The molecule has 6 nitrogen and oxygen atoms in total. The summed E-state index contributed by atoms with van der Waals surface area (Å²) in [5, 5.41) is 8.73. The number of nitrogens with zero attached hydrogens (tertiary/aromatic N) is 1. The van der Waals surface area contributed by atoms with E-state index in [0.717, 1.165) is 5.56 Å². The van der Waals surface area contributed by atoms with Gasteiger partial charge in [0.05, 0.1) is 16.8 Å². The first-order valence-electron chi connectivity index (χ1n) is 5.65. The number of nitrogens with one attached hydrogen (secondary N) is 2. The molecule has 0 aliphatic rings. The topological polar surface area (TPSA) is 112 Å². The number of H-pyrrole nitrogens is 1. The molecule has 0 saturated carbocycles. The number of aromatic nitrogens is 1. The van der Waals surface area contributed by atoms with Crippen molar-refractivity contribution in [1.29, 1.82) is 5.26 Å². The van der Waals surface area contributed by atoms with Gasteiger partial charge in [0.25, 0.3) is 0 Å². The predicted molar refractivity (Wildman–Crippen MR) is 73.9 cm³/mol. The van der Waals surface area contributed by atoms with E-state index in [1.54, 1.807) is 18.3 Å². The van der Waals surface area contributed by atoms with E-state index in [0.29, 0.717) is 22.2 Å². The highest BCUT2D eigenvalue weighted by atomic mass is 32.2. The maximum absolute atomic E-state index is 11.8. The van der Waals surface area contributed by atoms with Crippen molar-refractivity contribution >= 4 is 26.6 Å². The van der Waals surface area contributed by atoms with E-state index >= 15 is 0 Å². The van der Waals surface area contributed by atoms with Gasteiger partial charge in [0.1, 0.15) is 11.4 Å². The maximum atomic E-state index is 11.8. The quantitative estimate of drug-likeness (QED) is 0.787. The number of rotatable bonds is 3. The minimum Gasteiger partial charge on any atom is -0.358 e. The molecule has 1 atom stereocenters. The van der Waals surface area contributed by atoms with E-state index in [1.807, 2.05) is 6.92 Å². The highest BCUT2D eigenvalue weighted by Gasteiger charge is 2.19. The Bertz CT molecular complexity index is 769. The van der Waals surface area contributed by atoms with Crippen LogP contribution in [0.1, 0.15) is 18.1 Å². The molecule has 2 rings (SSSR count). The van der Waals surface area contributed by atoms with E-state index in [2.05, 4.69) is 15.8 Å². The number of nitrogens with two attached hydrogens (primary N) is 1. The smallest absolute Gasteiger partial charge is 0.248 e. The van der Waals surface area contributed by atoms with E-state index in [-0.39, 0.29) is 0 Å². The number of sulfonamides is 1. The minimum atomic E-state index is -3.63. The lowest BCUT2D eigenvalue weighted by Gasteiger charge is -2.12. The Morgan fingerprint density at radius 3 is 2.74 bits per heavy atom. The van der Waals surface area contributed by atoms with Crippen molar-refractivity contribution in [3.63, 3.8) is 0 Å². The molecule has 2 aromatic rings. The van der Waals surface area contributed by atoms with Crippen molar-refractivity contribution in [2.45, 2.75) is 19.2 Å². The van der Waals surface area contributed by atoms with Crippen LogP contribution in [0.15, 0.2) is 18.3 Å². The third-order valence-corrected chi connectivity index (χ3v) is 4.39. The molecular weight excluding hydrogens is 264 g/mol. The van der Waals surface area contributed by atoms with Crippen LogP contribution in [0.4, 0.5) is 5.69 Å². The van der Waals surface area contributed by atoms with Crippen molar-refractivity contribution in [2.75, 3.05) is 4.72 Å². The highest BCUT2D eigenvalue weighted by molar-refractivity contribution is 7.93. The molecule has 7 heteroatoms. The molecule has 4 N–H and O–H groups in total. The molecule has 100 valence electrons. The lowest BCUT2D eigenvalue weighted by atomic mass is 10.1. The van der Waals surface area contributed by atoms with Gasteiger partial charge < -0.3 is 10.7 Å². The second kappa shape index (κ2) is 4.57. The van der Waals surface area contributed by atoms with Crippen molar-refractivity contribution in [2.24, 2.45) is 5.73 Å². The first-order chi connectivity index (χ1) is 8.86. The van der Waals surface area contributed by atoms with Crippen molar-refractivity contribution in [3.05, 3.63) is 29.5 Å². The van der Waals surface area contributed by atoms with Gasteiger partial charge in [-0.2, -0.15) is 5.26 Å². The zero-order valence-electron chi connectivity index (χ0n) is 10.6. The van der Waals surface area contributed by atoms with Crippen LogP contribution in [0.25, 0.3) is 10.9 Å². The number of aromatic amines is 1. The zero-order valence-corrected chi connectivity index (χ0v) is 11.4. The Kier molecular flexibility index (Phi) is 3.22. The molecule has 0 fully saturated rings. The Balaban J connectivity index is 2.62. The molecule has 1 aromatic heterocycles. The van der Waals surface area contributed by atoms with E-state index in [9.17, 15) is 8.42 Å². The molecule has 1 aromatic carbocycles. The van der Waals surface area contributed by atoms with Crippen LogP contribution in [0.2, 0.25) is 0 Å². The van der Waals surface area contributed by atoms with E-state index < -0.39 is 15.4 Å². The molecule has 0 bridgehead atoms. The number of hydrogen-bond donors (Lipinski definition) is 3. The third kappa shape index (κ3) is 2.28. The van der Waals surface area contributed by atoms with E-state index in [1.165, 1.54) is 6.92 Å². The van der Waals surface area contributed by atoms with Crippen molar-refractivity contribution in [1.82, 2.24) is 4.98 Å². The standard InChI is InChI=1S/C12H14N4O2S/c1-7-3-4-10(16-19(17,18)8(2)14)12-11(7)9(5-13)6-15-12/h3-4,6,8,15-16H,14H2,1-2H3. The van der Waals surface area contributed by atoms with Crippen LogP contribution in [-0.2, 0) is 10.0 Å². The zero-order chi connectivity index (χ0) is 14.2. The summed E-state index contributed by atoms with van der Waals surface area (Å²) in [4.78, 5) is 2.92. The molecule has 0 spiro atoms. The lowest BCUT2D eigenvalue weighted by molar-refractivity contribution is 0.590. The maximum Gasteiger partial charge on any atom is 0.248 e. The molecule has 1 heterocycles. The first-order valence-corrected chi connectivity index (χ1v) is 7.19. The van der Waals surface area contributed by atoms with Gasteiger partial charge in [-0.15, -0.1) is 0 Å². The fourth-order valence-electron chi connectivity index (χ4n) is 1.84. The molecule has 0 radical (unpaired) electrons.